The molecule has 1 aliphatic rings. The first-order valence-corrected chi connectivity index (χ1v) is 11.2. The molecule has 1 saturated heterocycles. The maximum atomic E-state index is 14.2. The maximum absolute atomic E-state index is 14.2. The number of amides is 1. The molecular formula is C27H32FNO2. The predicted octanol–water partition coefficient (Wildman–Crippen LogP) is 5.19. The summed E-state index contributed by atoms with van der Waals surface area (Å²) in [5, 5.41) is 8.87. The normalized spacial score (nSPS) is 18.6. The Morgan fingerprint density at radius 2 is 1.87 bits per heavy atom. The summed E-state index contributed by atoms with van der Waals surface area (Å²) in [4.78, 5) is 15.0. The highest BCUT2D eigenvalue weighted by atomic mass is 19.1. The molecule has 2 aromatic rings. The molecule has 0 unspecified atom stereocenters. The van der Waals surface area contributed by atoms with Crippen molar-refractivity contribution in [1.82, 2.24) is 0 Å². The standard InChI is InChI=1S/C27H32FNO2/c1-19-14-22(10-6-4-5-9-13-30)15-20(2)26(19)29-18-23(16-21(3)27(29)31)17-24-11-7-8-12-25(24)28/h7-8,11-12,14-15,21,23,30H,4-5,9,13,16-18H2,1-3H3/t21-,23-/m1/s1. The van der Waals surface area contributed by atoms with Gasteiger partial charge in [0.15, 0.2) is 0 Å². The van der Waals surface area contributed by atoms with E-state index in [-0.39, 0.29) is 30.2 Å². The summed E-state index contributed by atoms with van der Waals surface area (Å²) >= 11 is 0. The highest BCUT2D eigenvalue weighted by Crippen LogP contribution is 2.34. The lowest BCUT2D eigenvalue weighted by molar-refractivity contribution is -0.124. The molecule has 1 amide bonds. The van der Waals surface area contributed by atoms with Gasteiger partial charge in [0.2, 0.25) is 5.91 Å². The SMILES string of the molecule is Cc1cc(C#CCCCCO)cc(C)c1N1C[C@@H](Cc2ccccc2F)C[C@@H](C)C1=O. The lowest BCUT2D eigenvalue weighted by Crippen LogP contribution is -2.46. The van der Waals surface area contributed by atoms with Crippen LogP contribution in [0.3, 0.4) is 0 Å². The van der Waals surface area contributed by atoms with Crippen molar-refractivity contribution in [1.29, 1.82) is 0 Å². The molecule has 4 heteroatoms. The van der Waals surface area contributed by atoms with Gasteiger partial charge in [-0.15, -0.1) is 0 Å². The van der Waals surface area contributed by atoms with Crippen LogP contribution in [0.1, 0.15) is 54.9 Å². The van der Waals surface area contributed by atoms with Gasteiger partial charge in [0, 0.05) is 36.7 Å². The van der Waals surface area contributed by atoms with E-state index >= 15 is 0 Å². The van der Waals surface area contributed by atoms with Crippen LogP contribution in [0.2, 0.25) is 0 Å². The van der Waals surface area contributed by atoms with Gasteiger partial charge in [-0.05, 0) is 80.3 Å². The fraction of sp³-hybridized carbons (Fsp3) is 0.444. The summed E-state index contributed by atoms with van der Waals surface area (Å²) in [5.41, 5.74) is 4.69. The number of aliphatic hydroxyl groups excluding tert-OH is 1. The number of anilines is 1. The lowest BCUT2D eigenvalue weighted by Gasteiger charge is -2.38. The predicted molar refractivity (Wildman–Crippen MR) is 123 cm³/mol. The molecule has 2 aromatic carbocycles. The monoisotopic (exact) mass is 421 g/mol. The molecule has 2 atom stereocenters. The Hall–Kier alpha value is -2.64. The molecule has 3 rings (SSSR count). The summed E-state index contributed by atoms with van der Waals surface area (Å²) in [6.07, 6.45) is 3.84. The van der Waals surface area contributed by atoms with Crippen LogP contribution in [0.5, 0.6) is 0 Å². The van der Waals surface area contributed by atoms with E-state index in [9.17, 15) is 9.18 Å². The fourth-order valence-corrected chi connectivity index (χ4v) is 4.56. The fourth-order valence-electron chi connectivity index (χ4n) is 4.56. The van der Waals surface area contributed by atoms with Gasteiger partial charge in [-0.3, -0.25) is 4.79 Å². The van der Waals surface area contributed by atoms with E-state index in [1.807, 2.05) is 49.9 Å². The van der Waals surface area contributed by atoms with E-state index in [1.54, 1.807) is 6.07 Å². The average Bonchev–Trinajstić information content (AvgIpc) is 2.72. The topological polar surface area (TPSA) is 40.5 Å². The number of nitrogens with zero attached hydrogens (tertiary/aromatic N) is 1. The molecule has 0 bridgehead atoms. The zero-order chi connectivity index (χ0) is 22.4. The number of rotatable bonds is 6. The lowest BCUT2D eigenvalue weighted by atomic mass is 9.84. The third-order valence-corrected chi connectivity index (χ3v) is 5.99. The third-order valence-electron chi connectivity index (χ3n) is 5.99. The highest BCUT2D eigenvalue weighted by molar-refractivity contribution is 5.97. The first kappa shape index (κ1) is 23.0. The molecule has 0 radical (unpaired) electrons. The minimum Gasteiger partial charge on any atom is -0.396 e. The number of hydrogen-bond acceptors (Lipinski definition) is 2. The first-order valence-electron chi connectivity index (χ1n) is 11.2. The molecule has 1 heterocycles. The Balaban J connectivity index is 1.81. The Labute approximate surface area is 185 Å². The summed E-state index contributed by atoms with van der Waals surface area (Å²) in [7, 11) is 0. The van der Waals surface area contributed by atoms with Crippen molar-refractivity contribution in [2.45, 2.75) is 52.9 Å². The Kier molecular flexibility index (Phi) is 7.87. The van der Waals surface area contributed by atoms with Gasteiger partial charge in [0.05, 0.1) is 0 Å². The summed E-state index contributed by atoms with van der Waals surface area (Å²) < 4.78 is 14.2. The molecule has 3 nitrogen and oxygen atoms in total. The Bertz CT molecular complexity index is 965. The minimum atomic E-state index is -0.173. The number of piperidine rings is 1. The number of unbranched alkanes of at least 4 members (excludes halogenated alkanes) is 2. The van der Waals surface area contributed by atoms with Crippen molar-refractivity contribution in [2.24, 2.45) is 11.8 Å². The maximum Gasteiger partial charge on any atom is 0.229 e. The quantitative estimate of drug-likeness (QED) is 0.515. The first-order chi connectivity index (χ1) is 14.9. The molecule has 1 fully saturated rings. The van der Waals surface area contributed by atoms with Crippen LogP contribution < -0.4 is 4.90 Å². The number of hydrogen-bond donors (Lipinski definition) is 1. The van der Waals surface area contributed by atoms with Gasteiger partial charge in [-0.2, -0.15) is 0 Å². The smallest absolute Gasteiger partial charge is 0.229 e. The van der Waals surface area contributed by atoms with Crippen LogP contribution in [0.25, 0.3) is 0 Å². The molecule has 31 heavy (non-hydrogen) atoms. The summed E-state index contributed by atoms with van der Waals surface area (Å²) in [6.45, 7) is 6.83. The van der Waals surface area contributed by atoms with E-state index < -0.39 is 0 Å². The Morgan fingerprint density at radius 3 is 2.55 bits per heavy atom. The molecule has 0 aromatic heterocycles. The van der Waals surface area contributed by atoms with E-state index in [1.165, 1.54) is 6.07 Å². The van der Waals surface area contributed by atoms with Crippen molar-refractivity contribution in [3.05, 3.63) is 64.5 Å². The van der Waals surface area contributed by atoms with Crippen molar-refractivity contribution in [2.75, 3.05) is 18.1 Å². The zero-order valence-corrected chi connectivity index (χ0v) is 18.7. The number of halogens is 1. The molecule has 0 saturated carbocycles. The highest BCUT2D eigenvalue weighted by Gasteiger charge is 2.34. The van der Waals surface area contributed by atoms with Gasteiger partial charge in [0.1, 0.15) is 5.82 Å². The van der Waals surface area contributed by atoms with E-state index in [2.05, 4.69) is 11.8 Å². The molecule has 0 spiro atoms. The number of aliphatic hydroxyl groups is 1. The number of benzene rings is 2. The van der Waals surface area contributed by atoms with Crippen LogP contribution in [0.15, 0.2) is 36.4 Å². The van der Waals surface area contributed by atoms with Gasteiger partial charge >= 0.3 is 0 Å². The number of aryl methyl sites for hydroxylation is 2. The van der Waals surface area contributed by atoms with E-state index in [0.717, 1.165) is 48.1 Å². The van der Waals surface area contributed by atoms with Gasteiger partial charge in [0.25, 0.3) is 0 Å². The number of carbonyl (C=O) groups excluding carboxylic acids is 1. The summed E-state index contributed by atoms with van der Waals surface area (Å²) in [6, 6.07) is 11.0. The van der Waals surface area contributed by atoms with Crippen molar-refractivity contribution in [3.8, 4) is 11.8 Å². The van der Waals surface area contributed by atoms with Crippen LogP contribution in [-0.4, -0.2) is 24.2 Å². The Morgan fingerprint density at radius 1 is 1.16 bits per heavy atom. The second-order valence-corrected chi connectivity index (χ2v) is 8.69. The second kappa shape index (κ2) is 10.6. The molecule has 1 aliphatic heterocycles. The van der Waals surface area contributed by atoms with Crippen LogP contribution in [0, 0.1) is 43.3 Å². The third kappa shape index (κ3) is 5.74. The van der Waals surface area contributed by atoms with Crippen molar-refractivity contribution < 1.29 is 14.3 Å². The molecule has 0 aliphatic carbocycles. The summed E-state index contributed by atoms with van der Waals surface area (Å²) in [5.74, 6) is 6.47. The molecular weight excluding hydrogens is 389 g/mol. The molecule has 164 valence electrons. The molecule has 1 N–H and O–H groups in total. The van der Waals surface area contributed by atoms with Crippen LogP contribution in [0.4, 0.5) is 10.1 Å². The van der Waals surface area contributed by atoms with Crippen molar-refractivity contribution in [3.63, 3.8) is 0 Å². The number of carbonyl (C=O) groups is 1. The van der Waals surface area contributed by atoms with Gasteiger partial charge < -0.3 is 10.0 Å². The minimum absolute atomic E-state index is 0.0877. The van der Waals surface area contributed by atoms with Gasteiger partial charge in [-0.25, -0.2) is 4.39 Å². The average molecular weight is 422 g/mol. The van der Waals surface area contributed by atoms with Crippen LogP contribution in [-0.2, 0) is 11.2 Å². The van der Waals surface area contributed by atoms with Crippen molar-refractivity contribution >= 4 is 11.6 Å². The zero-order valence-electron chi connectivity index (χ0n) is 18.7. The largest absolute Gasteiger partial charge is 0.396 e. The second-order valence-electron chi connectivity index (χ2n) is 8.69. The van der Waals surface area contributed by atoms with Crippen LogP contribution >= 0.6 is 0 Å². The van der Waals surface area contributed by atoms with Gasteiger partial charge in [-0.1, -0.05) is 37.0 Å². The van der Waals surface area contributed by atoms with E-state index in [4.69, 9.17) is 5.11 Å². The van der Waals surface area contributed by atoms with E-state index in [0.29, 0.717) is 18.5 Å².